The second-order valence-corrected chi connectivity index (χ2v) is 4.02. The molecule has 3 heteroatoms. The van der Waals surface area contributed by atoms with Gasteiger partial charge in [0.15, 0.2) is 0 Å². The highest BCUT2D eigenvalue weighted by Gasteiger charge is 2.60. The number of fused-ring (bicyclic) bond motifs is 5. The molecule has 0 aromatic rings. The average molecular weight is 190 g/mol. The Hall–Kier alpha value is -1.38. The lowest BCUT2D eigenvalue weighted by molar-refractivity contribution is -0.154. The second-order valence-electron chi connectivity index (χ2n) is 4.02. The highest BCUT2D eigenvalue weighted by atomic mass is 16.6. The van der Waals surface area contributed by atoms with E-state index in [2.05, 4.69) is 4.74 Å². The Bertz CT molecular complexity index is 359. The van der Waals surface area contributed by atoms with Crippen molar-refractivity contribution in [2.45, 2.75) is 6.92 Å². The van der Waals surface area contributed by atoms with Gasteiger partial charge in [-0.2, -0.15) is 0 Å². The van der Waals surface area contributed by atoms with Crippen LogP contribution in [0.1, 0.15) is 6.92 Å². The summed E-state index contributed by atoms with van der Waals surface area (Å²) >= 11 is 0. The number of ether oxygens (including phenoxy) is 1. The van der Waals surface area contributed by atoms with Gasteiger partial charge in [0.1, 0.15) is 0 Å². The molecule has 0 unspecified atom stereocenters. The minimum Gasteiger partial charge on any atom is -0.393 e. The first-order valence-electron chi connectivity index (χ1n) is 4.84. The number of carbonyl (C=O) groups excluding carboxylic acids is 2. The van der Waals surface area contributed by atoms with Gasteiger partial charge in [0.25, 0.3) is 0 Å². The lowest BCUT2D eigenvalue weighted by Crippen LogP contribution is -2.21. The topological polar surface area (TPSA) is 43.4 Å². The highest BCUT2D eigenvalue weighted by molar-refractivity contribution is 5.99. The Morgan fingerprint density at radius 3 is 2.07 bits per heavy atom. The first-order valence-corrected chi connectivity index (χ1v) is 4.84. The van der Waals surface area contributed by atoms with Crippen LogP contribution in [-0.4, -0.2) is 11.9 Å². The van der Waals surface area contributed by atoms with Gasteiger partial charge in [-0.3, -0.25) is 9.59 Å². The molecule has 0 amide bonds. The van der Waals surface area contributed by atoms with Gasteiger partial charge in [-0.05, 0) is 6.92 Å². The Balaban J connectivity index is 2.12. The predicted octanol–water partition coefficient (Wildman–Crippen LogP) is 1.06. The summed E-state index contributed by atoms with van der Waals surface area (Å²) in [6.07, 6.45) is 6.08. The monoisotopic (exact) mass is 190 g/mol. The van der Waals surface area contributed by atoms with Crippen LogP contribution < -0.4 is 0 Å². The van der Waals surface area contributed by atoms with E-state index in [0.29, 0.717) is 0 Å². The molecule has 72 valence electrons. The van der Waals surface area contributed by atoms with Crippen molar-refractivity contribution in [3.63, 3.8) is 0 Å². The van der Waals surface area contributed by atoms with E-state index in [1.807, 2.05) is 25.2 Å². The number of allylic oxidation sites excluding steroid dienone is 4. The lowest BCUT2D eigenvalue weighted by atomic mass is 9.85. The maximum absolute atomic E-state index is 11.4. The molecule has 3 rings (SSSR count). The van der Waals surface area contributed by atoms with Crippen LogP contribution in [0.5, 0.6) is 0 Å². The number of hydrogen-bond acceptors (Lipinski definition) is 3. The maximum atomic E-state index is 11.4. The summed E-state index contributed by atoms with van der Waals surface area (Å²) < 4.78 is 4.66. The summed E-state index contributed by atoms with van der Waals surface area (Å²) in [5, 5.41) is 0. The van der Waals surface area contributed by atoms with Gasteiger partial charge >= 0.3 is 11.9 Å². The summed E-state index contributed by atoms with van der Waals surface area (Å²) in [4.78, 5) is 22.8. The van der Waals surface area contributed by atoms with E-state index >= 15 is 0 Å². The van der Waals surface area contributed by atoms with Gasteiger partial charge in [0.05, 0.1) is 11.8 Å². The molecular formula is C11H10O3. The number of rotatable bonds is 0. The van der Waals surface area contributed by atoms with Crippen LogP contribution in [0, 0.1) is 23.7 Å². The summed E-state index contributed by atoms with van der Waals surface area (Å²) in [5.74, 6) is -0.900. The van der Waals surface area contributed by atoms with E-state index in [1.54, 1.807) is 0 Å². The number of hydrogen-bond donors (Lipinski definition) is 0. The zero-order valence-electron chi connectivity index (χ0n) is 7.77. The van der Waals surface area contributed by atoms with Crippen LogP contribution in [-0.2, 0) is 14.3 Å². The first kappa shape index (κ1) is 7.97. The summed E-state index contributed by atoms with van der Waals surface area (Å²) in [5.41, 5.74) is 1.21. The molecule has 2 aliphatic carbocycles. The molecule has 0 aromatic carbocycles. The van der Waals surface area contributed by atoms with E-state index in [4.69, 9.17) is 0 Å². The molecule has 0 aromatic heterocycles. The minimum absolute atomic E-state index is 0.119. The standard InChI is InChI=1S/C11H10O3/c1-2-5-6-3-4-7(5)9-8(6)10(12)14-11(9)13/h2-4,6-9H,1H3/t6-,7+,8-,9+. The summed E-state index contributed by atoms with van der Waals surface area (Å²) in [7, 11) is 0. The van der Waals surface area contributed by atoms with Crippen LogP contribution >= 0.6 is 0 Å². The number of carbonyl (C=O) groups is 2. The molecule has 0 spiro atoms. The van der Waals surface area contributed by atoms with Crippen LogP contribution in [0.25, 0.3) is 0 Å². The molecule has 0 radical (unpaired) electrons. The van der Waals surface area contributed by atoms with Crippen LogP contribution in [0.15, 0.2) is 23.8 Å². The molecule has 2 fully saturated rings. The fourth-order valence-electron chi connectivity index (χ4n) is 2.99. The quantitative estimate of drug-likeness (QED) is 0.326. The Morgan fingerprint density at radius 2 is 1.64 bits per heavy atom. The molecule has 1 heterocycles. The Labute approximate surface area is 81.4 Å². The molecule has 0 N–H and O–H groups in total. The fraction of sp³-hybridized carbons (Fsp3) is 0.455. The van der Waals surface area contributed by atoms with Gasteiger partial charge in [-0.25, -0.2) is 0 Å². The summed E-state index contributed by atoms with van der Waals surface area (Å²) in [6, 6.07) is 0. The predicted molar refractivity (Wildman–Crippen MR) is 48.0 cm³/mol. The van der Waals surface area contributed by atoms with Crippen molar-refractivity contribution in [1.29, 1.82) is 0 Å². The van der Waals surface area contributed by atoms with Crippen LogP contribution in [0.3, 0.4) is 0 Å². The third-order valence-electron chi connectivity index (χ3n) is 3.54. The molecule has 3 nitrogen and oxygen atoms in total. The number of cyclic esters (lactones) is 2. The fourth-order valence-corrected chi connectivity index (χ4v) is 2.99. The van der Waals surface area contributed by atoms with E-state index in [0.717, 1.165) is 0 Å². The molecule has 14 heavy (non-hydrogen) atoms. The minimum atomic E-state index is -0.337. The van der Waals surface area contributed by atoms with Gasteiger partial charge < -0.3 is 4.74 Å². The van der Waals surface area contributed by atoms with Crippen molar-refractivity contribution in [3.8, 4) is 0 Å². The van der Waals surface area contributed by atoms with Crippen LogP contribution in [0.4, 0.5) is 0 Å². The lowest BCUT2D eigenvalue weighted by Gasteiger charge is -2.11. The second kappa shape index (κ2) is 2.35. The van der Waals surface area contributed by atoms with Crippen molar-refractivity contribution >= 4 is 11.9 Å². The van der Waals surface area contributed by atoms with Gasteiger partial charge in [0, 0.05) is 11.8 Å². The third-order valence-corrected chi connectivity index (χ3v) is 3.54. The zero-order chi connectivity index (χ0) is 9.87. The van der Waals surface area contributed by atoms with Crippen molar-refractivity contribution in [3.05, 3.63) is 23.8 Å². The van der Waals surface area contributed by atoms with Gasteiger partial charge in [-0.1, -0.05) is 23.8 Å². The van der Waals surface area contributed by atoms with E-state index in [9.17, 15) is 9.59 Å². The molecule has 1 saturated heterocycles. The van der Waals surface area contributed by atoms with E-state index < -0.39 is 0 Å². The number of esters is 2. The molecule has 3 aliphatic rings. The molecule has 1 aliphatic heterocycles. The maximum Gasteiger partial charge on any atom is 0.318 e. The smallest absolute Gasteiger partial charge is 0.318 e. The van der Waals surface area contributed by atoms with Crippen LogP contribution in [0.2, 0.25) is 0 Å². The molecular weight excluding hydrogens is 180 g/mol. The van der Waals surface area contributed by atoms with Gasteiger partial charge in [0.2, 0.25) is 0 Å². The summed E-state index contributed by atoms with van der Waals surface area (Å²) in [6.45, 7) is 1.96. The van der Waals surface area contributed by atoms with Crippen molar-refractivity contribution < 1.29 is 14.3 Å². The third kappa shape index (κ3) is 0.694. The van der Waals surface area contributed by atoms with Crippen molar-refractivity contribution in [2.75, 3.05) is 0 Å². The Kier molecular flexibility index (Phi) is 1.34. The average Bonchev–Trinajstić information content (AvgIpc) is 2.77. The van der Waals surface area contributed by atoms with E-state index in [1.165, 1.54) is 5.57 Å². The molecule has 2 bridgehead atoms. The molecule has 4 atom stereocenters. The molecule has 1 saturated carbocycles. The SMILES string of the molecule is CC=C1[C@H]2C=C[C@@H]1[C@@H]1C(=O)OC(=O)[C@@H]12. The van der Waals surface area contributed by atoms with Crippen molar-refractivity contribution in [2.24, 2.45) is 23.7 Å². The first-order chi connectivity index (χ1) is 6.74. The Morgan fingerprint density at radius 1 is 1.14 bits per heavy atom. The van der Waals surface area contributed by atoms with E-state index in [-0.39, 0.29) is 35.6 Å². The zero-order valence-corrected chi connectivity index (χ0v) is 7.77. The normalized spacial score (nSPS) is 46.2. The van der Waals surface area contributed by atoms with Crippen molar-refractivity contribution in [1.82, 2.24) is 0 Å². The highest BCUT2D eigenvalue weighted by Crippen LogP contribution is 2.54. The van der Waals surface area contributed by atoms with Gasteiger partial charge in [-0.15, -0.1) is 0 Å². The largest absolute Gasteiger partial charge is 0.393 e.